The smallest absolute Gasteiger partial charge is 0.316 e. The third kappa shape index (κ3) is 4.43. The number of ether oxygens (including phenoxy) is 2. The van der Waals surface area contributed by atoms with Crippen LogP contribution < -0.4 is 20.3 Å². The van der Waals surface area contributed by atoms with Crippen molar-refractivity contribution >= 4 is 39.1 Å². The Morgan fingerprint density at radius 2 is 2.02 bits per heavy atom. The second-order valence-electron chi connectivity index (χ2n) is 11.7. The van der Waals surface area contributed by atoms with Gasteiger partial charge in [0.05, 0.1) is 30.4 Å². The van der Waals surface area contributed by atoms with Crippen molar-refractivity contribution in [2.24, 2.45) is 12.5 Å². The van der Waals surface area contributed by atoms with Crippen molar-refractivity contribution in [1.29, 1.82) is 0 Å². The normalized spacial score (nSPS) is 25.8. The van der Waals surface area contributed by atoms with Gasteiger partial charge < -0.3 is 25.0 Å². The number of hydrogen-bond acceptors (Lipinski definition) is 8. The molecule has 1 saturated carbocycles. The average Bonchev–Trinajstić information content (AvgIpc) is 3.60. The Hall–Kier alpha value is -3.83. The van der Waals surface area contributed by atoms with E-state index < -0.39 is 11.7 Å². The molecular formula is C29H32FN7O3. The van der Waals surface area contributed by atoms with Crippen LogP contribution in [-0.2, 0) is 11.8 Å². The fourth-order valence-electron chi connectivity index (χ4n) is 6.44. The van der Waals surface area contributed by atoms with Gasteiger partial charge in [-0.2, -0.15) is 10.1 Å². The van der Waals surface area contributed by atoms with E-state index in [0.717, 1.165) is 37.0 Å². The Balaban J connectivity index is 1.24. The van der Waals surface area contributed by atoms with Crippen LogP contribution in [0.5, 0.6) is 6.01 Å². The summed E-state index contributed by atoms with van der Waals surface area (Å²) in [6.07, 6.45) is 5.79. The fourth-order valence-corrected chi connectivity index (χ4v) is 6.44. The first-order valence-corrected chi connectivity index (χ1v) is 13.7. The predicted molar refractivity (Wildman–Crippen MR) is 149 cm³/mol. The van der Waals surface area contributed by atoms with E-state index in [1.165, 1.54) is 6.07 Å². The van der Waals surface area contributed by atoms with Gasteiger partial charge in [0.1, 0.15) is 5.52 Å². The van der Waals surface area contributed by atoms with Crippen LogP contribution in [-0.4, -0.2) is 70.1 Å². The lowest BCUT2D eigenvalue weighted by molar-refractivity contribution is 0.0785. The number of hydrogen-bond donors (Lipinski definition) is 2. The molecule has 3 saturated heterocycles. The number of nitrogens with one attached hydrogen (secondary N) is 2. The molecule has 1 amide bonds. The second kappa shape index (κ2) is 9.38. The molecule has 4 fully saturated rings. The lowest BCUT2D eigenvalue weighted by atomic mass is 9.71. The van der Waals surface area contributed by atoms with Crippen LogP contribution in [0, 0.1) is 11.2 Å². The molecule has 4 aromatic rings. The highest BCUT2D eigenvalue weighted by Gasteiger charge is 2.52. The second-order valence-corrected chi connectivity index (χ2v) is 11.7. The van der Waals surface area contributed by atoms with E-state index in [0.29, 0.717) is 53.6 Å². The number of aryl methyl sites for hydroxylation is 1. The van der Waals surface area contributed by atoms with Crippen molar-refractivity contribution in [2.45, 2.75) is 44.9 Å². The molecule has 0 spiro atoms. The molecule has 0 unspecified atom stereocenters. The topological polar surface area (TPSA) is 106 Å². The van der Waals surface area contributed by atoms with E-state index in [1.54, 1.807) is 36.3 Å². The largest absolute Gasteiger partial charge is 0.463 e. The molecule has 2 bridgehead atoms. The zero-order valence-corrected chi connectivity index (χ0v) is 22.8. The zero-order chi connectivity index (χ0) is 27.6. The van der Waals surface area contributed by atoms with Crippen molar-refractivity contribution < 1.29 is 18.7 Å². The molecule has 11 heteroatoms. The van der Waals surface area contributed by atoms with Crippen molar-refractivity contribution in [2.75, 3.05) is 36.5 Å². The molecule has 2 aromatic carbocycles. The maximum absolute atomic E-state index is 14.7. The summed E-state index contributed by atoms with van der Waals surface area (Å²) in [6, 6.07) is 7.56. The predicted octanol–water partition coefficient (Wildman–Crippen LogP) is 3.65. The van der Waals surface area contributed by atoms with E-state index in [-0.39, 0.29) is 16.9 Å². The van der Waals surface area contributed by atoms with Gasteiger partial charge in [-0.05, 0) is 51.0 Å². The third-order valence-electron chi connectivity index (χ3n) is 8.24. The molecule has 40 heavy (non-hydrogen) atoms. The molecule has 4 aliphatic rings. The van der Waals surface area contributed by atoms with Crippen LogP contribution in [0.2, 0.25) is 0 Å². The molecule has 3 aliphatic heterocycles. The van der Waals surface area contributed by atoms with Crippen molar-refractivity contribution in [3.63, 3.8) is 0 Å². The Morgan fingerprint density at radius 1 is 1.23 bits per heavy atom. The molecule has 2 N–H and O–H groups in total. The van der Waals surface area contributed by atoms with Gasteiger partial charge in [-0.15, -0.1) is 0 Å². The lowest BCUT2D eigenvalue weighted by Gasteiger charge is -2.38. The number of aromatic nitrogens is 4. The summed E-state index contributed by atoms with van der Waals surface area (Å²) in [5.41, 5.74) is 2.46. The van der Waals surface area contributed by atoms with Gasteiger partial charge >= 0.3 is 6.01 Å². The van der Waals surface area contributed by atoms with Gasteiger partial charge in [-0.25, -0.2) is 9.37 Å². The summed E-state index contributed by atoms with van der Waals surface area (Å²) in [5.74, 6) is -0.891. The molecule has 10 nitrogen and oxygen atoms in total. The van der Waals surface area contributed by atoms with Crippen LogP contribution in [0.15, 0.2) is 36.7 Å². The first-order chi connectivity index (χ1) is 19.2. The van der Waals surface area contributed by atoms with Gasteiger partial charge in [0.15, 0.2) is 5.82 Å². The van der Waals surface area contributed by atoms with Crippen molar-refractivity contribution in [3.8, 4) is 6.01 Å². The van der Waals surface area contributed by atoms with E-state index in [9.17, 15) is 9.18 Å². The minimum atomic E-state index is -0.498. The number of carbonyl (C=O) groups is 1. The monoisotopic (exact) mass is 545 g/mol. The molecule has 2 aromatic heterocycles. The number of amides is 1. The molecule has 208 valence electrons. The highest BCUT2D eigenvalue weighted by Crippen LogP contribution is 2.50. The molecular weight excluding hydrogens is 513 g/mol. The van der Waals surface area contributed by atoms with Crippen molar-refractivity contribution in [3.05, 3.63) is 48.0 Å². The summed E-state index contributed by atoms with van der Waals surface area (Å²) in [6.45, 7) is 7.12. The van der Waals surface area contributed by atoms with Gasteiger partial charge in [0.25, 0.3) is 5.91 Å². The SMILES string of the molecule is C[C@@H]1CN(c2ccc(C(=O)Nc3cc(F)c4nn(C)cc4c3)c3nc(OCC45COC(C4)C5)ncc23)C[C@@H](C)N1. The highest BCUT2D eigenvalue weighted by atomic mass is 19.1. The third-order valence-corrected chi connectivity index (χ3v) is 8.24. The first kappa shape index (κ1) is 25.2. The summed E-state index contributed by atoms with van der Waals surface area (Å²) in [4.78, 5) is 25.2. The van der Waals surface area contributed by atoms with Crippen molar-refractivity contribution in [1.82, 2.24) is 25.1 Å². The number of benzene rings is 2. The molecule has 8 rings (SSSR count). The summed E-state index contributed by atoms with van der Waals surface area (Å²) < 4.78 is 28.0. The number of carbonyl (C=O) groups excluding carboxylic acids is 1. The summed E-state index contributed by atoms with van der Waals surface area (Å²) in [5, 5.41) is 11.9. The Labute approximate surface area is 230 Å². The maximum Gasteiger partial charge on any atom is 0.316 e. The molecule has 5 heterocycles. The number of fused-ring (bicyclic) bond motifs is 3. The van der Waals surface area contributed by atoms with E-state index >= 15 is 0 Å². The Bertz CT molecular complexity index is 1620. The summed E-state index contributed by atoms with van der Waals surface area (Å²) >= 11 is 0. The van der Waals surface area contributed by atoms with Crippen LogP contribution in [0.3, 0.4) is 0 Å². The van der Waals surface area contributed by atoms with Gasteiger partial charge in [0.2, 0.25) is 0 Å². The van der Waals surface area contributed by atoms with E-state index in [2.05, 4.69) is 39.5 Å². The Morgan fingerprint density at radius 3 is 2.77 bits per heavy atom. The number of anilines is 2. The molecule has 0 radical (unpaired) electrons. The van der Waals surface area contributed by atoms with Crippen LogP contribution >= 0.6 is 0 Å². The van der Waals surface area contributed by atoms with Gasteiger partial charge in [0, 0.05) is 72.2 Å². The molecule has 2 atom stereocenters. The molecule has 1 aliphatic carbocycles. The highest BCUT2D eigenvalue weighted by molar-refractivity contribution is 6.14. The van der Waals surface area contributed by atoms with Crippen LogP contribution in [0.25, 0.3) is 21.8 Å². The maximum atomic E-state index is 14.7. The quantitative estimate of drug-likeness (QED) is 0.378. The van der Waals surface area contributed by atoms with Gasteiger partial charge in [-0.1, -0.05) is 0 Å². The lowest BCUT2D eigenvalue weighted by Crippen LogP contribution is -2.54. The number of piperazine rings is 1. The number of rotatable bonds is 6. The first-order valence-electron chi connectivity index (χ1n) is 13.7. The standard InChI is InChI=1S/C29H32FN7O3/c1-16-11-37(12-17(2)32-16)24-5-4-21(27(38)33-19-6-18-13-36(3)35-25(18)23(30)7-19)26-22(24)10-31-28(34-26)40-15-29-8-20(9-29)39-14-29/h4-7,10,13,16-17,20,32H,8-9,11-12,14-15H2,1-3H3,(H,33,38)/t16-,17-,20?,29?/m1/s1. The minimum absolute atomic E-state index is 0.0348. The van der Waals surface area contributed by atoms with Gasteiger partial charge in [-0.3, -0.25) is 9.48 Å². The summed E-state index contributed by atoms with van der Waals surface area (Å²) in [7, 11) is 1.73. The Kier molecular flexibility index (Phi) is 5.90. The van der Waals surface area contributed by atoms with Crippen LogP contribution in [0.1, 0.15) is 37.0 Å². The zero-order valence-electron chi connectivity index (χ0n) is 22.8. The van der Waals surface area contributed by atoms with Crippen LogP contribution in [0.4, 0.5) is 15.8 Å². The van der Waals surface area contributed by atoms with E-state index in [4.69, 9.17) is 14.5 Å². The number of halogens is 1. The minimum Gasteiger partial charge on any atom is -0.463 e. The van der Waals surface area contributed by atoms with E-state index in [1.807, 2.05) is 6.07 Å². The fraction of sp³-hybridized carbons (Fsp3) is 0.448. The average molecular weight is 546 g/mol. The number of nitrogens with zero attached hydrogens (tertiary/aromatic N) is 5.